The standard InChI is InChI=1S/C19H27O3P/c1-13-12-16(18(20)22-6)14(2)17(13)23(21,19(3,4)5)15-10-8-7-9-11-15/h7-11,14,16-17H,1,12H2,2-6H3/t14-,16+,17-,23?/m0/s1. The highest BCUT2D eigenvalue weighted by Crippen LogP contribution is 2.67. The summed E-state index contributed by atoms with van der Waals surface area (Å²) in [6, 6.07) is 9.66. The molecule has 4 heteroatoms. The molecule has 0 amide bonds. The molecule has 1 saturated carbocycles. The summed E-state index contributed by atoms with van der Waals surface area (Å²) in [5.74, 6) is -0.522. The Labute approximate surface area is 139 Å². The van der Waals surface area contributed by atoms with Gasteiger partial charge in [0.15, 0.2) is 0 Å². The fourth-order valence-electron chi connectivity index (χ4n) is 3.83. The van der Waals surface area contributed by atoms with Crippen molar-refractivity contribution in [1.29, 1.82) is 0 Å². The molecule has 1 unspecified atom stereocenters. The zero-order chi connectivity index (χ0) is 17.4. The molecule has 0 saturated heterocycles. The van der Waals surface area contributed by atoms with Gasteiger partial charge in [0.2, 0.25) is 0 Å². The van der Waals surface area contributed by atoms with Crippen molar-refractivity contribution in [3.05, 3.63) is 42.5 Å². The topological polar surface area (TPSA) is 43.4 Å². The van der Waals surface area contributed by atoms with Gasteiger partial charge in [0.25, 0.3) is 0 Å². The van der Waals surface area contributed by atoms with E-state index >= 15 is 0 Å². The number of ether oxygens (including phenoxy) is 1. The maximum absolute atomic E-state index is 14.3. The highest BCUT2D eigenvalue weighted by atomic mass is 31.2. The first kappa shape index (κ1) is 18.0. The maximum atomic E-state index is 14.3. The van der Waals surface area contributed by atoms with Crippen LogP contribution < -0.4 is 5.30 Å². The number of hydrogen-bond acceptors (Lipinski definition) is 3. The van der Waals surface area contributed by atoms with Crippen molar-refractivity contribution in [2.75, 3.05) is 7.11 Å². The van der Waals surface area contributed by atoms with Crippen LogP contribution in [0.5, 0.6) is 0 Å². The van der Waals surface area contributed by atoms with Gasteiger partial charge in [-0.05, 0) is 12.3 Å². The summed E-state index contributed by atoms with van der Waals surface area (Å²) < 4.78 is 19.2. The zero-order valence-corrected chi connectivity index (χ0v) is 15.6. The molecule has 23 heavy (non-hydrogen) atoms. The molecule has 126 valence electrons. The van der Waals surface area contributed by atoms with E-state index in [4.69, 9.17) is 4.74 Å². The SMILES string of the molecule is C=C1C[C@@H](C(=O)OC)[C@H](C)[C@H]1P(=O)(c1ccccc1)C(C)(C)C. The summed E-state index contributed by atoms with van der Waals surface area (Å²) in [6.45, 7) is 12.2. The van der Waals surface area contributed by atoms with Crippen LogP contribution in [0.15, 0.2) is 42.5 Å². The van der Waals surface area contributed by atoms with Gasteiger partial charge in [0.05, 0.1) is 13.0 Å². The first-order valence-electron chi connectivity index (χ1n) is 8.05. The number of carbonyl (C=O) groups excluding carboxylic acids is 1. The largest absolute Gasteiger partial charge is 0.469 e. The van der Waals surface area contributed by atoms with E-state index in [0.717, 1.165) is 10.9 Å². The van der Waals surface area contributed by atoms with E-state index in [2.05, 4.69) is 6.58 Å². The van der Waals surface area contributed by atoms with Crippen LogP contribution in [-0.2, 0) is 14.1 Å². The van der Waals surface area contributed by atoms with E-state index in [1.54, 1.807) is 0 Å². The molecule has 1 aromatic rings. The Hall–Kier alpha value is -1.34. The minimum Gasteiger partial charge on any atom is -0.469 e. The van der Waals surface area contributed by atoms with Crippen LogP contribution in [0, 0.1) is 11.8 Å². The van der Waals surface area contributed by atoms with Gasteiger partial charge < -0.3 is 9.30 Å². The normalized spacial score (nSPS) is 27.5. The Bertz CT molecular complexity index is 642. The lowest BCUT2D eigenvalue weighted by Gasteiger charge is -2.39. The molecule has 1 aromatic carbocycles. The first-order valence-corrected chi connectivity index (χ1v) is 9.83. The molecule has 0 radical (unpaired) electrons. The van der Waals surface area contributed by atoms with Crippen molar-refractivity contribution in [1.82, 2.24) is 0 Å². The molecule has 1 aliphatic carbocycles. The Kier molecular flexibility index (Phi) is 4.92. The number of esters is 1. The molecule has 0 aromatic heterocycles. The van der Waals surface area contributed by atoms with Crippen molar-refractivity contribution in [2.45, 2.75) is 44.9 Å². The van der Waals surface area contributed by atoms with Crippen LogP contribution in [0.25, 0.3) is 0 Å². The van der Waals surface area contributed by atoms with Crippen molar-refractivity contribution in [3.8, 4) is 0 Å². The highest BCUT2D eigenvalue weighted by molar-refractivity contribution is 7.74. The van der Waals surface area contributed by atoms with Gasteiger partial charge in [-0.25, -0.2) is 0 Å². The van der Waals surface area contributed by atoms with Crippen LogP contribution in [0.4, 0.5) is 0 Å². The Balaban J connectivity index is 2.56. The second-order valence-electron chi connectivity index (χ2n) is 7.46. The third-order valence-electron chi connectivity index (χ3n) is 5.07. The minimum atomic E-state index is -2.81. The van der Waals surface area contributed by atoms with Crippen LogP contribution >= 0.6 is 7.14 Å². The summed E-state index contributed by atoms with van der Waals surface area (Å²) in [4.78, 5) is 12.1. The molecule has 0 heterocycles. The van der Waals surface area contributed by atoms with Gasteiger partial charge in [0.1, 0.15) is 7.14 Å². The van der Waals surface area contributed by atoms with E-state index in [0.29, 0.717) is 6.42 Å². The number of methoxy groups -OCH3 is 1. The zero-order valence-electron chi connectivity index (χ0n) is 14.7. The lowest BCUT2D eigenvalue weighted by atomic mass is 9.98. The van der Waals surface area contributed by atoms with Crippen molar-refractivity contribution >= 4 is 18.4 Å². The number of allylic oxidation sites excluding steroid dienone is 1. The lowest BCUT2D eigenvalue weighted by Crippen LogP contribution is -2.34. The highest BCUT2D eigenvalue weighted by Gasteiger charge is 2.54. The van der Waals surface area contributed by atoms with Crippen LogP contribution in [0.3, 0.4) is 0 Å². The van der Waals surface area contributed by atoms with Gasteiger partial charge in [-0.2, -0.15) is 0 Å². The van der Waals surface area contributed by atoms with E-state index in [1.807, 2.05) is 58.0 Å². The van der Waals surface area contributed by atoms with Gasteiger partial charge in [-0.3, -0.25) is 4.79 Å². The van der Waals surface area contributed by atoms with E-state index < -0.39 is 12.3 Å². The average molecular weight is 334 g/mol. The molecule has 1 fully saturated rings. The van der Waals surface area contributed by atoms with Crippen molar-refractivity contribution in [3.63, 3.8) is 0 Å². The summed E-state index contributed by atoms with van der Waals surface area (Å²) in [5, 5.41) is 0.470. The van der Waals surface area contributed by atoms with E-state index in [-0.39, 0.29) is 23.5 Å². The van der Waals surface area contributed by atoms with Gasteiger partial charge in [-0.1, -0.05) is 70.2 Å². The molecule has 1 aliphatic rings. The molecule has 2 rings (SSSR count). The minimum absolute atomic E-state index is 0.0415. The summed E-state index contributed by atoms with van der Waals surface area (Å²) in [7, 11) is -1.40. The second-order valence-corrected chi connectivity index (χ2v) is 11.2. The molecule has 0 aliphatic heterocycles. The molecule has 4 atom stereocenters. The number of benzene rings is 1. The van der Waals surface area contributed by atoms with Gasteiger partial charge in [0, 0.05) is 16.1 Å². The quantitative estimate of drug-likeness (QED) is 0.472. The first-order chi connectivity index (χ1) is 10.6. The predicted octanol–water partition coefficient (Wildman–Crippen LogP) is 4.23. The maximum Gasteiger partial charge on any atom is 0.309 e. The fourth-order valence-corrected chi connectivity index (χ4v) is 7.87. The third-order valence-corrected chi connectivity index (χ3v) is 9.74. The van der Waals surface area contributed by atoms with E-state index in [1.165, 1.54) is 7.11 Å². The number of rotatable bonds is 3. The van der Waals surface area contributed by atoms with Crippen molar-refractivity contribution < 1.29 is 14.1 Å². The molecule has 3 nitrogen and oxygen atoms in total. The summed E-state index contributed by atoms with van der Waals surface area (Å²) >= 11 is 0. The van der Waals surface area contributed by atoms with Crippen LogP contribution in [0.1, 0.15) is 34.1 Å². The Morgan fingerprint density at radius 2 is 1.83 bits per heavy atom. The van der Waals surface area contributed by atoms with Crippen molar-refractivity contribution in [2.24, 2.45) is 11.8 Å². The second kappa shape index (κ2) is 6.28. The average Bonchev–Trinajstić information content (AvgIpc) is 2.80. The fraction of sp³-hybridized carbons (Fsp3) is 0.526. The molecule has 0 spiro atoms. The molecule has 0 N–H and O–H groups in total. The third kappa shape index (κ3) is 2.92. The summed E-state index contributed by atoms with van der Waals surface area (Å²) in [5.41, 5.74) is 0.726. The van der Waals surface area contributed by atoms with Crippen LogP contribution in [0.2, 0.25) is 0 Å². The van der Waals surface area contributed by atoms with Crippen LogP contribution in [-0.4, -0.2) is 23.9 Å². The number of hydrogen-bond donors (Lipinski definition) is 0. The molecule has 0 bridgehead atoms. The lowest BCUT2D eigenvalue weighted by molar-refractivity contribution is -0.146. The summed E-state index contributed by atoms with van der Waals surface area (Å²) in [6.07, 6.45) is 0.561. The Morgan fingerprint density at radius 1 is 1.26 bits per heavy atom. The van der Waals surface area contributed by atoms with Gasteiger partial charge in [-0.15, -0.1) is 0 Å². The predicted molar refractivity (Wildman–Crippen MR) is 95.7 cm³/mol. The molecular weight excluding hydrogens is 307 g/mol. The smallest absolute Gasteiger partial charge is 0.309 e. The Morgan fingerprint density at radius 3 is 2.30 bits per heavy atom. The van der Waals surface area contributed by atoms with E-state index in [9.17, 15) is 9.36 Å². The van der Waals surface area contributed by atoms with Gasteiger partial charge >= 0.3 is 5.97 Å². The molecular formula is C19H27O3P. The number of carbonyl (C=O) groups is 1. The monoisotopic (exact) mass is 334 g/mol.